The Morgan fingerprint density at radius 1 is 1.12 bits per heavy atom. The van der Waals surface area contributed by atoms with Crippen LogP contribution in [0.4, 0.5) is 0 Å². The summed E-state index contributed by atoms with van der Waals surface area (Å²) in [4.78, 5) is 12.0. The molecule has 1 heteroatoms. The molecule has 0 unspecified atom stereocenters. The third kappa shape index (κ3) is 1.47. The molecule has 0 aliphatic heterocycles. The molecule has 0 aromatic rings. The third-order valence-electron chi connectivity index (χ3n) is 5.84. The first-order valence-electron chi connectivity index (χ1n) is 7.15. The Morgan fingerprint density at radius 3 is 1.94 bits per heavy atom. The fourth-order valence-corrected chi connectivity index (χ4v) is 5.36. The highest BCUT2D eigenvalue weighted by atomic mass is 16.1. The zero-order chi connectivity index (χ0) is 11.3. The van der Waals surface area contributed by atoms with Crippen LogP contribution in [-0.2, 0) is 4.79 Å². The predicted octanol–water partition coefficient (Wildman–Crippen LogP) is 3.82. The molecule has 1 atom stereocenters. The summed E-state index contributed by atoms with van der Waals surface area (Å²) < 4.78 is 0. The van der Waals surface area contributed by atoms with E-state index in [1.54, 1.807) is 0 Å². The van der Waals surface area contributed by atoms with Gasteiger partial charge in [-0.1, -0.05) is 13.8 Å². The summed E-state index contributed by atoms with van der Waals surface area (Å²) in [5, 5.41) is 0. The van der Waals surface area contributed by atoms with Crippen molar-refractivity contribution in [3.63, 3.8) is 0 Å². The Balaban J connectivity index is 1.85. The van der Waals surface area contributed by atoms with Crippen LogP contribution in [0, 0.1) is 29.1 Å². The average molecular weight is 220 g/mol. The summed E-state index contributed by atoms with van der Waals surface area (Å²) in [6, 6.07) is 0. The SMILES string of the molecule is CCC(=O)[C@H](C)C12CC3CC(CC(C3)C1)C2. The molecule has 0 saturated heterocycles. The van der Waals surface area contributed by atoms with Crippen molar-refractivity contribution >= 4 is 5.78 Å². The van der Waals surface area contributed by atoms with Gasteiger partial charge < -0.3 is 0 Å². The second kappa shape index (κ2) is 3.58. The minimum atomic E-state index is 0.339. The largest absolute Gasteiger partial charge is 0.299 e. The van der Waals surface area contributed by atoms with Crippen LogP contribution in [0.1, 0.15) is 58.8 Å². The Morgan fingerprint density at radius 2 is 1.56 bits per heavy atom. The van der Waals surface area contributed by atoms with Crippen molar-refractivity contribution in [2.45, 2.75) is 58.8 Å². The molecule has 90 valence electrons. The van der Waals surface area contributed by atoms with Gasteiger partial charge in [-0.15, -0.1) is 0 Å². The number of ketones is 1. The first-order chi connectivity index (χ1) is 7.63. The summed E-state index contributed by atoms with van der Waals surface area (Å²) in [6.45, 7) is 4.25. The first-order valence-corrected chi connectivity index (χ1v) is 7.15. The van der Waals surface area contributed by atoms with Crippen molar-refractivity contribution < 1.29 is 4.79 Å². The van der Waals surface area contributed by atoms with E-state index in [2.05, 4.69) is 6.92 Å². The van der Waals surface area contributed by atoms with Crippen molar-refractivity contribution in [2.75, 3.05) is 0 Å². The highest BCUT2D eigenvalue weighted by Crippen LogP contribution is 2.62. The number of carbonyl (C=O) groups excluding carboxylic acids is 1. The van der Waals surface area contributed by atoms with E-state index in [0.717, 1.165) is 24.2 Å². The third-order valence-corrected chi connectivity index (χ3v) is 5.84. The highest BCUT2D eigenvalue weighted by molar-refractivity contribution is 5.81. The lowest BCUT2D eigenvalue weighted by Gasteiger charge is -2.58. The van der Waals surface area contributed by atoms with Gasteiger partial charge in [0, 0.05) is 12.3 Å². The van der Waals surface area contributed by atoms with Gasteiger partial charge in [-0.25, -0.2) is 0 Å². The maximum atomic E-state index is 12.0. The standard InChI is InChI=1S/C15H24O/c1-3-14(16)10(2)15-7-11-4-12(8-15)6-13(5-11)9-15/h10-13H,3-9H2,1-2H3/t10-,11?,12?,13?,15?/m0/s1. The van der Waals surface area contributed by atoms with Crippen LogP contribution >= 0.6 is 0 Å². The molecule has 0 radical (unpaired) electrons. The quantitative estimate of drug-likeness (QED) is 0.706. The summed E-state index contributed by atoms with van der Waals surface area (Å²) >= 11 is 0. The Kier molecular flexibility index (Phi) is 2.42. The molecule has 4 aliphatic rings. The molecular weight excluding hydrogens is 196 g/mol. The molecule has 0 heterocycles. The van der Waals surface area contributed by atoms with Crippen LogP contribution in [0.25, 0.3) is 0 Å². The van der Waals surface area contributed by atoms with E-state index < -0.39 is 0 Å². The molecule has 0 amide bonds. The van der Waals surface area contributed by atoms with Gasteiger partial charge in [0.25, 0.3) is 0 Å². The van der Waals surface area contributed by atoms with Gasteiger partial charge in [0.05, 0.1) is 0 Å². The minimum Gasteiger partial charge on any atom is -0.299 e. The molecule has 0 spiro atoms. The molecule has 0 aromatic carbocycles. The van der Waals surface area contributed by atoms with Crippen LogP contribution < -0.4 is 0 Å². The van der Waals surface area contributed by atoms with Gasteiger partial charge in [0.15, 0.2) is 0 Å². The maximum absolute atomic E-state index is 12.0. The second-order valence-corrected chi connectivity index (χ2v) is 6.82. The number of hydrogen-bond donors (Lipinski definition) is 0. The van der Waals surface area contributed by atoms with Crippen molar-refractivity contribution in [2.24, 2.45) is 29.1 Å². The lowest BCUT2D eigenvalue weighted by Crippen LogP contribution is -2.50. The fraction of sp³-hybridized carbons (Fsp3) is 0.933. The minimum absolute atomic E-state index is 0.339. The van der Waals surface area contributed by atoms with E-state index in [9.17, 15) is 4.79 Å². The second-order valence-electron chi connectivity index (χ2n) is 6.82. The van der Waals surface area contributed by atoms with Gasteiger partial charge in [0.2, 0.25) is 0 Å². The van der Waals surface area contributed by atoms with Crippen LogP contribution in [-0.4, -0.2) is 5.78 Å². The first kappa shape index (κ1) is 10.8. The van der Waals surface area contributed by atoms with Crippen molar-refractivity contribution in [3.05, 3.63) is 0 Å². The van der Waals surface area contributed by atoms with Gasteiger partial charge >= 0.3 is 0 Å². The Bertz CT molecular complexity index is 269. The highest BCUT2D eigenvalue weighted by Gasteiger charge is 2.54. The van der Waals surface area contributed by atoms with E-state index in [1.807, 2.05) is 6.92 Å². The summed E-state index contributed by atoms with van der Waals surface area (Å²) in [5.74, 6) is 3.77. The van der Waals surface area contributed by atoms with Crippen LogP contribution in [0.5, 0.6) is 0 Å². The summed E-state index contributed by atoms with van der Waals surface area (Å²) in [7, 11) is 0. The molecule has 0 aromatic heterocycles. The fourth-order valence-electron chi connectivity index (χ4n) is 5.36. The van der Waals surface area contributed by atoms with Crippen molar-refractivity contribution in [1.82, 2.24) is 0 Å². The molecule has 0 N–H and O–H groups in total. The molecule has 16 heavy (non-hydrogen) atoms. The summed E-state index contributed by atoms with van der Waals surface area (Å²) in [6.07, 6.45) is 9.28. The van der Waals surface area contributed by atoms with Crippen molar-refractivity contribution in [3.8, 4) is 0 Å². The Labute approximate surface area is 99.0 Å². The molecule has 1 nitrogen and oxygen atoms in total. The number of carbonyl (C=O) groups is 1. The van der Waals surface area contributed by atoms with Crippen LogP contribution in [0.3, 0.4) is 0 Å². The van der Waals surface area contributed by atoms with Gasteiger partial charge in [-0.3, -0.25) is 4.79 Å². The predicted molar refractivity (Wildman–Crippen MR) is 65.1 cm³/mol. The van der Waals surface area contributed by atoms with Gasteiger partial charge in [0.1, 0.15) is 5.78 Å². The van der Waals surface area contributed by atoms with E-state index in [4.69, 9.17) is 0 Å². The monoisotopic (exact) mass is 220 g/mol. The normalized spacial score (nSPS) is 47.0. The van der Waals surface area contributed by atoms with Gasteiger partial charge in [-0.05, 0) is 61.7 Å². The lowest BCUT2D eigenvalue weighted by atomic mass is 9.46. The topological polar surface area (TPSA) is 17.1 Å². The molecule has 4 rings (SSSR count). The molecule has 4 saturated carbocycles. The van der Waals surface area contributed by atoms with E-state index in [1.165, 1.54) is 38.5 Å². The molecule has 4 bridgehead atoms. The zero-order valence-electron chi connectivity index (χ0n) is 10.7. The summed E-state index contributed by atoms with van der Waals surface area (Å²) in [5.41, 5.74) is 0.432. The lowest BCUT2D eigenvalue weighted by molar-refractivity contribution is -0.137. The molecule has 4 fully saturated rings. The van der Waals surface area contributed by atoms with Crippen LogP contribution in [0.15, 0.2) is 0 Å². The van der Waals surface area contributed by atoms with Gasteiger partial charge in [-0.2, -0.15) is 0 Å². The van der Waals surface area contributed by atoms with E-state index >= 15 is 0 Å². The number of rotatable bonds is 3. The zero-order valence-corrected chi connectivity index (χ0v) is 10.7. The van der Waals surface area contributed by atoms with E-state index in [-0.39, 0.29) is 0 Å². The van der Waals surface area contributed by atoms with Crippen molar-refractivity contribution in [1.29, 1.82) is 0 Å². The molecular formula is C15H24O. The smallest absolute Gasteiger partial charge is 0.135 e. The number of Topliss-reactive ketones (excluding diaryl/α,β-unsaturated/α-hetero) is 1. The molecule has 4 aliphatic carbocycles. The average Bonchev–Trinajstić information content (AvgIpc) is 2.25. The Hall–Kier alpha value is -0.330. The van der Waals surface area contributed by atoms with E-state index in [0.29, 0.717) is 17.1 Å². The maximum Gasteiger partial charge on any atom is 0.135 e. The number of hydrogen-bond acceptors (Lipinski definition) is 1. The van der Waals surface area contributed by atoms with Crippen LogP contribution in [0.2, 0.25) is 0 Å².